The van der Waals surface area contributed by atoms with Gasteiger partial charge < -0.3 is 30.3 Å². The number of rotatable bonds is 15. The van der Waals surface area contributed by atoms with Crippen molar-refractivity contribution in [2.24, 2.45) is 0 Å². The minimum Gasteiger partial charge on any atom is -0.486 e. The van der Waals surface area contributed by atoms with Gasteiger partial charge in [-0.3, -0.25) is 9.59 Å². The van der Waals surface area contributed by atoms with Crippen molar-refractivity contribution in [3.05, 3.63) is 112 Å². The van der Waals surface area contributed by atoms with Crippen LogP contribution in [0.15, 0.2) is 57.5 Å². The number of hydrogen-bond donors (Lipinski definition) is 4. The molecule has 4 rings (SSSR count). The molecule has 4 aromatic rings. The molecule has 286 valence electrons. The number of benzene rings is 4. The van der Waals surface area contributed by atoms with E-state index in [0.29, 0.717) is 48.5 Å². The second kappa shape index (κ2) is 20.4. The Morgan fingerprint density at radius 2 is 1.21 bits per heavy atom. The number of aryl methyl sites for hydroxylation is 2. The highest BCUT2D eigenvalue weighted by atomic mass is 79.9. The van der Waals surface area contributed by atoms with Crippen LogP contribution in [0.3, 0.4) is 0 Å². The van der Waals surface area contributed by atoms with Gasteiger partial charge in [-0.05, 0) is 138 Å². The maximum Gasteiger partial charge on any atom is 0.307 e. The molecular weight excluding hydrogens is 885 g/mol. The Hall–Kier alpha value is -3.29. The number of aliphatic carboxylic acids is 2. The lowest BCUT2D eigenvalue weighted by Gasteiger charge is -2.16. The Balaban J connectivity index is 0.000000286. The van der Waals surface area contributed by atoms with Gasteiger partial charge in [0.15, 0.2) is 17.4 Å². The van der Waals surface area contributed by atoms with Gasteiger partial charge in [0.2, 0.25) is 0 Å². The van der Waals surface area contributed by atoms with Crippen molar-refractivity contribution in [3.63, 3.8) is 0 Å². The molecule has 53 heavy (non-hydrogen) atoms. The second-order valence-electron chi connectivity index (χ2n) is 12.6. The largest absolute Gasteiger partial charge is 0.486 e. The quantitative estimate of drug-likeness (QED) is 0.0931. The number of ether oxygens (including phenoxy) is 2. The third-order valence-corrected chi connectivity index (χ3v) is 9.09. The van der Waals surface area contributed by atoms with Crippen molar-refractivity contribution < 1.29 is 38.1 Å². The summed E-state index contributed by atoms with van der Waals surface area (Å²) in [6.07, 6.45) is 0.169. The predicted molar refractivity (Wildman–Crippen MR) is 214 cm³/mol. The molecule has 0 bridgehead atoms. The van der Waals surface area contributed by atoms with Crippen molar-refractivity contribution in [2.45, 2.75) is 79.2 Å². The summed E-state index contributed by atoms with van der Waals surface area (Å²) in [5.74, 6) is -1.92. The summed E-state index contributed by atoms with van der Waals surface area (Å²) in [6.45, 7) is 9.52. The van der Waals surface area contributed by atoms with Crippen molar-refractivity contribution >= 4 is 90.0 Å². The standard InChI is InChI=1S/C19H20Br2FNO3.C19H19Cl3FNO3/c1-10(2)23-16-5-11(3)4-13(18(16)22)9-26-19-14(20)6-12(7-15(19)21)8-17(24)25;1-10(2)24-16-8-13(20)7-12(18(16)23)9-27-19-14(21)5-11(6-15(19)22)3-4-17(25)26/h4-7,10,23H,8-9H2,1-3H3,(H,24,25);5-8,10,24H,3-4,9H2,1-2H3,(H,25,26). The summed E-state index contributed by atoms with van der Waals surface area (Å²) in [4.78, 5) is 21.5. The number of carboxylic acids is 2. The Morgan fingerprint density at radius 3 is 1.70 bits per heavy atom. The Bertz CT molecular complexity index is 1900. The van der Waals surface area contributed by atoms with Gasteiger partial charge in [-0.2, -0.15) is 0 Å². The van der Waals surface area contributed by atoms with Crippen LogP contribution in [0.25, 0.3) is 0 Å². The zero-order valence-electron chi connectivity index (χ0n) is 29.5. The van der Waals surface area contributed by atoms with Crippen LogP contribution in [0.4, 0.5) is 20.2 Å². The zero-order chi connectivity index (χ0) is 39.6. The van der Waals surface area contributed by atoms with E-state index in [4.69, 9.17) is 54.5 Å². The summed E-state index contributed by atoms with van der Waals surface area (Å²) in [6, 6.07) is 13.2. The first kappa shape index (κ1) is 44.1. The van der Waals surface area contributed by atoms with E-state index in [2.05, 4.69) is 42.5 Å². The van der Waals surface area contributed by atoms with E-state index in [1.54, 1.807) is 36.4 Å². The van der Waals surface area contributed by atoms with Gasteiger partial charge in [0.05, 0.1) is 36.8 Å². The first-order valence-electron chi connectivity index (χ1n) is 16.3. The van der Waals surface area contributed by atoms with E-state index in [-0.39, 0.29) is 71.0 Å². The monoisotopic (exact) mass is 920 g/mol. The topological polar surface area (TPSA) is 117 Å². The van der Waals surface area contributed by atoms with Gasteiger partial charge >= 0.3 is 11.9 Å². The fourth-order valence-electron chi connectivity index (χ4n) is 5.00. The van der Waals surface area contributed by atoms with Crippen LogP contribution in [0.1, 0.15) is 61.9 Å². The first-order chi connectivity index (χ1) is 24.8. The average molecular weight is 924 g/mol. The van der Waals surface area contributed by atoms with Gasteiger partial charge in [0.25, 0.3) is 0 Å². The molecule has 15 heteroatoms. The Morgan fingerprint density at radius 1 is 0.717 bits per heavy atom. The fraction of sp³-hybridized carbons (Fsp3) is 0.316. The lowest BCUT2D eigenvalue weighted by atomic mass is 10.1. The molecule has 0 aliphatic rings. The smallest absolute Gasteiger partial charge is 0.307 e. The van der Waals surface area contributed by atoms with Crippen molar-refractivity contribution in [1.82, 2.24) is 0 Å². The van der Waals surface area contributed by atoms with Crippen LogP contribution in [-0.4, -0.2) is 34.2 Å². The number of carbonyl (C=O) groups is 2. The molecule has 0 saturated carbocycles. The maximum absolute atomic E-state index is 14.7. The molecule has 4 aromatic carbocycles. The molecule has 0 atom stereocenters. The van der Waals surface area contributed by atoms with Gasteiger partial charge in [-0.25, -0.2) is 8.78 Å². The van der Waals surface area contributed by atoms with Gasteiger partial charge in [-0.1, -0.05) is 34.8 Å². The van der Waals surface area contributed by atoms with Crippen LogP contribution in [0.5, 0.6) is 11.5 Å². The number of anilines is 2. The minimum atomic E-state index is -0.913. The van der Waals surface area contributed by atoms with Crippen LogP contribution in [-0.2, 0) is 35.6 Å². The van der Waals surface area contributed by atoms with E-state index in [1.165, 1.54) is 12.1 Å². The molecule has 0 spiro atoms. The normalized spacial score (nSPS) is 10.9. The summed E-state index contributed by atoms with van der Waals surface area (Å²) in [5, 5.41) is 24.6. The van der Waals surface area contributed by atoms with E-state index in [1.807, 2.05) is 34.6 Å². The SMILES string of the molecule is CC(C)Nc1cc(Cl)cc(COc2c(Cl)cc(CCC(=O)O)cc2Cl)c1F.Cc1cc(COc2c(Br)cc(CC(=O)O)cc2Br)c(F)c(NC(C)C)c1. The number of hydrogen-bond acceptors (Lipinski definition) is 6. The van der Waals surface area contributed by atoms with E-state index in [0.717, 1.165) is 5.56 Å². The fourth-order valence-corrected chi connectivity index (χ4v) is 7.40. The molecule has 0 aliphatic carbocycles. The van der Waals surface area contributed by atoms with E-state index in [9.17, 15) is 18.4 Å². The third-order valence-electron chi connectivity index (χ3n) is 7.14. The highest BCUT2D eigenvalue weighted by Crippen LogP contribution is 2.37. The predicted octanol–water partition coefficient (Wildman–Crippen LogP) is 11.9. The Kier molecular flexibility index (Phi) is 17.0. The molecule has 0 unspecified atom stereocenters. The van der Waals surface area contributed by atoms with Crippen LogP contribution in [0, 0.1) is 18.6 Å². The summed E-state index contributed by atoms with van der Waals surface area (Å²) in [5.41, 5.74) is 3.69. The molecule has 0 aromatic heterocycles. The van der Waals surface area contributed by atoms with Crippen molar-refractivity contribution in [2.75, 3.05) is 10.6 Å². The van der Waals surface area contributed by atoms with E-state index >= 15 is 0 Å². The first-order valence-corrected chi connectivity index (χ1v) is 19.0. The zero-order valence-corrected chi connectivity index (χ0v) is 34.9. The third kappa shape index (κ3) is 13.8. The molecule has 0 fully saturated rings. The molecule has 8 nitrogen and oxygen atoms in total. The molecule has 0 amide bonds. The molecule has 0 radical (unpaired) electrons. The Labute approximate surface area is 339 Å². The summed E-state index contributed by atoms with van der Waals surface area (Å²) in [7, 11) is 0. The minimum absolute atomic E-state index is 0.0355. The second-order valence-corrected chi connectivity index (χ2v) is 15.6. The molecule has 4 N–H and O–H groups in total. The van der Waals surface area contributed by atoms with Crippen molar-refractivity contribution in [3.8, 4) is 11.5 Å². The van der Waals surface area contributed by atoms with E-state index < -0.39 is 17.8 Å². The van der Waals surface area contributed by atoms with Crippen LogP contribution >= 0.6 is 66.7 Å². The number of nitrogens with one attached hydrogen (secondary N) is 2. The summed E-state index contributed by atoms with van der Waals surface area (Å²) >= 11 is 25.2. The van der Waals surface area contributed by atoms with Crippen molar-refractivity contribution in [1.29, 1.82) is 0 Å². The highest BCUT2D eigenvalue weighted by molar-refractivity contribution is 9.11. The molecule has 0 saturated heterocycles. The molecular formula is C38H39Br2Cl3F2N2O6. The number of halogens is 7. The summed E-state index contributed by atoms with van der Waals surface area (Å²) < 4.78 is 42.0. The van der Waals surface area contributed by atoms with Gasteiger partial charge in [-0.15, -0.1) is 0 Å². The number of carboxylic acid groups (broad SMARTS) is 2. The van der Waals surface area contributed by atoms with Crippen LogP contribution in [0.2, 0.25) is 15.1 Å². The van der Waals surface area contributed by atoms with Crippen LogP contribution < -0.4 is 20.1 Å². The lowest BCUT2D eigenvalue weighted by Crippen LogP contribution is -2.13. The molecule has 0 heterocycles. The maximum atomic E-state index is 14.7. The van der Waals surface area contributed by atoms with Gasteiger partial charge in [0.1, 0.15) is 19.0 Å². The lowest BCUT2D eigenvalue weighted by molar-refractivity contribution is -0.137. The van der Waals surface area contributed by atoms with Gasteiger partial charge in [0, 0.05) is 34.7 Å². The highest BCUT2D eigenvalue weighted by Gasteiger charge is 2.17. The molecule has 0 aliphatic heterocycles. The average Bonchev–Trinajstić information content (AvgIpc) is 3.02.